The predicted octanol–water partition coefficient (Wildman–Crippen LogP) is 5.79. The molecule has 0 unspecified atom stereocenters. The minimum atomic E-state index is 0.168. The Kier molecular flexibility index (Phi) is 5.65. The van der Waals surface area contributed by atoms with Crippen LogP contribution in [0.15, 0.2) is 47.5 Å². The molecule has 0 atom stereocenters. The zero-order valence-electron chi connectivity index (χ0n) is 17.9. The average molecular weight is 423 g/mol. The average Bonchev–Trinajstić information content (AvgIpc) is 2.99. The second-order valence-electron chi connectivity index (χ2n) is 8.55. The van der Waals surface area contributed by atoms with E-state index in [9.17, 15) is 0 Å². The molecule has 0 amide bonds. The van der Waals surface area contributed by atoms with Crippen LogP contribution < -0.4 is 4.74 Å². The standard InChI is InChI=1S/C24H27ClN4O/c1-5-12-24(3,4)15-30-19-9-6-17(7-10-19)23-20-13-18(25)8-11-21(20)29-16(2)27-28-22(29)14-26-23/h6-11,13H,5,12,14-15H2,1-4H3. The van der Waals surface area contributed by atoms with Gasteiger partial charge >= 0.3 is 0 Å². The van der Waals surface area contributed by atoms with Crippen molar-refractivity contribution in [3.05, 3.63) is 70.3 Å². The molecular weight excluding hydrogens is 396 g/mol. The summed E-state index contributed by atoms with van der Waals surface area (Å²) in [5.41, 5.74) is 4.06. The van der Waals surface area contributed by atoms with Crippen molar-refractivity contribution < 1.29 is 4.74 Å². The Balaban J connectivity index is 1.65. The van der Waals surface area contributed by atoms with E-state index in [1.54, 1.807) is 0 Å². The van der Waals surface area contributed by atoms with E-state index in [1.165, 1.54) is 0 Å². The van der Waals surface area contributed by atoms with Gasteiger partial charge in [0.05, 0.1) is 18.0 Å². The van der Waals surface area contributed by atoms with Crippen LogP contribution in [0.5, 0.6) is 5.75 Å². The molecule has 2 heterocycles. The Hall–Kier alpha value is -2.66. The normalized spacial score (nSPS) is 13.3. The number of aromatic nitrogens is 3. The molecule has 0 bridgehead atoms. The van der Waals surface area contributed by atoms with Gasteiger partial charge in [-0.1, -0.05) is 38.8 Å². The van der Waals surface area contributed by atoms with Gasteiger partial charge in [-0.3, -0.25) is 9.56 Å². The molecule has 30 heavy (non-hydrogen) atoms. The maximum Gasteiger partial charge on any atom is 0.159 e. The number of benzene rings is 2. The summed E-state index contributed by atoms with van der Waals surface area (Å²) in [5, 5.41) is 9.19. The van der Waals surface area contributed by atoms with Gasteiger partial charge < -0.3 is 4.74 Å². The Morgan fingerprint density at radius 1 is 1.10 bits per heavy atom. The first-order valence-electron chi connectivity index (χ1n) is 10.4. The fourth-order valence-corrected chi connectivity index (χ4v) is 4.11. The molecule has 0 saturated carbocycles. The van der Waals surface area contributed by atoms with Crippen LogP contribution in [-0.4, -0.2) is 27.1 Å². The van der Waals surface area contributed by atoms with Crippen LogP contribution in [0.2, 0.25) is 5.02 Å². The van der Waals surface area contributed by atoms with Gasteiger partial charge in [0.25, 0.3) is 0 Å². The third-order valence-corrected chi connectivity index (χ3v) is 5.64. The number of ether oxygens (including phenoxy) is 1. The lowest BCUT2D eigenvalue weighted by Gasteiger charge is -2.24. The summed E-state index contributed by atoms with van der Waals surface area (Å²) in [6, 6.07) is 14.0. The topological polar surface area (TPSA) is 52.3 Å². The Morgan fingerprint density at radius 2 is 1.87 bits per heavy atom. The summed E-state index contributed by atoms with van der Waals surface area (Å²) in [4.78, 5) is 4.86. The molecule has 1 aliphatic rings. The van der Waals surface area contributed by atoms with Gasteiger partial charge in [0.2, 0.25) is 0 Å². The van der Waals surface area contributed by atoms with Crippen molar-refractivity contribution >= 4 is 17.3 Å². The molecule has 3 aromatic rings. The third-order valence-electron chi connectivity index (χ3n) is 5.41. The van der Waals surface area contributed by atoms with E-state index < -0.39 is 0 Å². The molecule has 156 valence electrons. The van der Waals surface area contributed by atoms with Gasteiger partial charge in [-0.25, -0.2) is 0 Å². The van der Waals surface area contributed by atoms with Crippen molar-refractivity contribution in [2.75, 3.05) is 6.61 Å². The number of nitrogens with zero attached hydrogens (tertiary/aromatic N) is 4. The van der Waals surface area contributed by atoms with Gasteiger partial charge in [0.1, 0.15) is 18.1 Å². The maximum absolute atomic E-state index is 6.34. The summed E-state index contributed by atoms with van der Waals surface area (Å²) in [6.45, 7) is 9.81. The lowest BCUT2D eigenvalue weighted by molar-refractivity contribution is 0.169. The fraction of sp³-hybridized carbons (Fsp3) is 0.375. The maximum atomic E-state index is 6.34. The van der Waals surface area contributed by atoms with Crippen LogP contribution in [0.1, 0.15) is 56.4 Å². The van der Waals surface area contributed by atoms with E-state index in [0.29, 0.717) is 18.2 Å². The summed E-state index contributed by atoms with van der Waals surface area (Å²) in [6.07, 6.45) is 2.30. The van der Waals surface area contributed by atoms with E-state index in [2.05, 4.69) is 47.7 Å². The smallest absolute Gasteiger partial charge is 0.159 e. The number of fused-ring (bicyclic) bond motifs is 3. The molecule has 0 N–H and O–H groups in total. The highest BCUT2D eigenvalue weighted by Crippen LogP contribution is 2.29. The van der Waals surface area contributed by atoms with Gasteiger partial charge in [-0.05, 0) is 61.2 Å². The molecule has 0 fully saturated rings. The lowest BCUT2D eigenvalue weighted by Crippen LogP contribution is -2.21. The van der Waals surface area contributed by atoms with Crippen molar-refractivity contribution in [1.82, 2.24) is 14.8 Å². The van der Waals surface area contributed by atoms with Crippen molar-refractivity contribution in [2.24, 2.45) is 10.4 Å². The predicted molar refractivity (Wildman–Crippen MR) is 121 cm³/mol. The molecule has 0 radical (unpaired) electrons. The number of hydrogen-bond donors (Lipinski definition) is 0. The third kappa shape index (κ3) is 4.12. The molecule has 0 spiro atoms. The summed E-state index contributed by atoms with van der Waals surface area (Å²) in [5.74, 6) is 2.53. The van der Waals surface area contributed by atoms with Crippen LogP contribution in [0.4, 0.5) is 0 Å². The first-order chi connectivity index (χ1) is 14.4. The van der Waals surface area contributed by atoms with Crippen molar-refractivity contribution in [3.8, 4) is 11.4 Å². The number of aliphatic imine (C=N–C) groups is 1. The van der Waals surface area contributed by atoms with Crippen molar-refractivity contribution in [3.63, 3.8) is 0 Å². The zero-order chi connectivity index (χ0) is 21.3. The van der Waals surface area contributed by atoms with Crippen LogP contribution in [0.25, 0.3) is 5.69 Å². The van der Waals surface area contributed by atoms with Gasteiger partial charge in [0, 0.05) is 16.1 Å². The van der Waals surface area contributed by atoms with Crippen LogP contribution in [0.3, 0.4) is 0 Å². The quantitative estimate of drug-likeness (QED) is 0.505. The summed E-state index contributed by atoms with van der Waals surface area (Å²) >= 11 is 6.34. The highest BCUT2D eigenvalue weighted by Gasteiger charge is 2.22. The van der Waals surface area contributed by atoms with Crippen molar-refractivity contribution in [1.29, 1.82) is 0 Å². The molecule has 5 nitrogen and oxygen atoms in total. The molecular formula is C24H27ClN4O. The molecule has 6 heteroatoms. The molecule has 1 aromatic heterocycles. The van der Waals surface area contributed by atoms with Gasteiger partial charge in [-0.15, -0.1) is 10.2 Å². The number of hydrogen-bond acceptors (Lipinski definition) is 4. The number of halogens is 1. The summed E-state index contributed by atoms with van der Waals surface area (Å²) in [7, 11) is 0. The second-order valence-corrected chi connectivity index (χ2v) is 8.99. The minimum absolute atomic E-state index is 0.168. The van der Waals surface area contributed by atoms with E-state index in [-0.39, 0.29) is 5.41 Å². The highest BCUT2D eigenvalue weighted by atomic mass is 35.5. The lowest BCUT2D eigenvalue weighted by atomic mass is 9.89. The Labute approximate surface area is 182 Å². The Morgan fingerprint density at radius 3 is 2.60 bits per heavy atom. The molecule has 4 rings (SSSR count). The van der Waals surface area contributed by atoms with E-state index in [4.69, 9.17) is 21.3 Å². The first kappa shape index (κ1) is 20.6. The van der Waals surface area contributed by atoms with E-state index in [1.807, 2.05) is 37.3 Å². The zero-order valence-corrected chi connectivity index (χ0v) is 18.7. The molecule has 0 saturated heterocycles. The Bertz CT molecular complexity index is 1080. The SMILES string of the molecule is CCCC(C)(C)COc1ccc(C2=NCc3nnc(C)n3-c3ccc(Cl)cc32)cc1. The first-order valence-corrected chi connectivity index (χ1v) is 10.7. The van der Waals surface area contributed by atoms with Gasteiger partial charge in [0.15, 0.2) is 5.82 Å². The number of aryl methyl sites for hydroxylation is 1. The molecule has 2 aromatic carbocycles. The monoisotopic (exact) mass is 422 g/mol. The second kappa shape index (κ2) is 8.23. The molecule has 0 aliphatic carbocycles. The van der Waals surface area contributed by atoms with Crippen LogP contribution in [-0.2, 0) is 6.54 Å². The largest absolute Gasteiger partial charge is 0.493 e. The minimum Gasteiger partial charge on any atom is -0.493 e. The fourth-order valence-electron chi connectivity index (χ4n) is 3.93. The van der Waals surface area contributed by atoms with Crippen LogP contribution in [0, 0.1) is 12.3 Å². The van der Waals surface area contributed by atoms with E-state index in [0.717, 1.165) is 52.8 Å². The molecule has 1 aliphatic heterocycles. The number of rotatable bonds is 6. The van der Waals surface area contributed by atoms with Gasteiger partial charge in [-0.2, -0.15) is 0 Å². The van der Waals surface area contributed by atoms with Crippen molar-refractivity contribution in [2.45, 2.75) is 47.1 Å². The summed E-state index contributed by atoms with van der Waals surface area (Å²) < 4.78 is 8.10. The van der Waals surface area contributed by atoms with E-state index >= 15 is 0 Å². The van der Waals surface area contributed by atoms with Crippen LogP contribution >= 0.6 is 11.6 Å². The highest BCUT2D eigenvalue weighted by molar-refractivity contribution is 6.31.